The van der Waals surface area contributed by atoms with E-state index in [1.54, 1.807) is 48.5 Å². The monoisotopic (exact) mass is 498 g/mol. The van der Waals surface area contributed by atoms with Crippen LogP contribution in [0.3, 0.4) is 0 Å². The number of piperidine rings is 1. The lowest BCUT2D eigenvalue weighted by Crippen LogP contribution is -2.42. The number of nitrogens with zero attached hydrogens (tertiary/aromatic N) is 2. The standard InChI is InChI=1S/C26H27ClN2O4S/c27-21-11-9-20(10-12-21)23(30)18-28-15-13-19(14-16-28)17-29-22-5-1-2-6-24(22)33-25-7-3-4-8-26(25)34(29,31)32/h1-12,19,23,30H,13-18H2/t23-/m0/s1. The first-order valence-corrected chi connectivity index (χ1v) is 13.3. The number of benzene rings is 3. The highest BCUT2D eigenvalue weighted by molar-refractivity contribution is 7.93. The molecule has 3 aromatic carbocycles. The van der Waals surface area contributed by atoms with Gasteiger partial charge in [-0.25, -0.2) is 8.42 Å². The fourth-order valence-corrected chi connectivity index (χ4v) is 6.48. The molecule has 0 amide bonds. The van der Waals surface area contributed by atoms with Crippen molar-refractivity contribution in [3.05, 3.63) is 83.4 Å². The molecule has 0 aromatic heterocycles. The predicted octanol–water partition coefficient (Wildman–Crippen LogP) is 5.09. The van der Waals surface area contributed by atoms with Crippen molar-refractivity contribution in [2.24, 2.45) is 5.92 Å². The van der Waals surface area contributed by atoms with Crippen molar-refractivity contribution in [3.63, 3.8) is 0 Å². The molecule has 2 heterocycles. The number of hydrogen-bond donors (Lipinski definition) is 1. The SMILES string of the molecule is O=S1(=O)c2ccccc2Oc2ccccc2N1CC1CCN(C[C@H](O)c2ccc(Cl)cc2)CC1. The predicted molar refractivity (Wildman–Crippen MR) is 133 cm³/mol. The van der Waals surface area contributed by atoms with Gasteiger partial charge in [-0.2, -0.15) is 0 Å². The molecule has 2 aliphatic rings. The van der Waals surface area contributed by atoms with Crippen molar-refractivity contribution in [1.82, 2.24) is 4.90 Å². The second kappa shape index (κ2) is 9.58. The maximum atomic E-state index is 13.6. The Morgan fingerprint density at radius 3 is 2.32 bits per heavy atom. The van der Waals surface area contributed by atoms with E-state index in [4.69, 9.17) is 16.3 Å². The summed E-state index contributed by atoms with van der Waals surface area (Å²) in [6, 6.07) is 21.4. The van der Waals surface area contributed by atoms with Crippen molar-refractivity contribution >= 4 is 27.3 Å². The molecule has 8 heteroatoms. The number of rotatable bonds is 5. The third kappa shape index (κ3) is 4.66. The largest absolute Gasteiger partial charge is 0.454 e. The van der Waals surface area contributed by atoms with Crippen LogP contribution in [0.25, 0.3) is 0 Å². The molecule has 0 unspecified atom stereocenters. The van der Waals surface area contributed by atoms with Crippen LogP contribution in [0.4, 0.5) is 5.69 Å². The minimum atomic E-state index is -3.76. The first kappa shape index (κ1) is 23.2. The van der Waals surface area contributed by atoms with Crippen molar-refractivity contribution in [1.29, 1.82) is 0 Å². The third-order valence-electron chi connectivity index (χ3n) is 6.59. The smallest absolute Gasteiger partial charge is 0.268 e. The van der Waals surface area contributed by atoms with Crippen LogP contribution in [0, 0.1) is 5.92 Å². The maximum Gasteiger partial charge on any atom is 0.268 e. The van der Waals surface area contributed by atoms with Gasteiger partial charge in [0.05, 0.1) is 11.8 Å². The molecule has 0 saturated carbocycles. The van der Waals surface area contributed by atoms with Crippen molar-refractivity contribution in [3.8, 4) is 11.5 Å². The molecular weight excluding hydrogens is 472 g/mol. The maximum absolute atomic E-state index is 13.6. The Labute approximate surface area is 205 Å². The van der Waals surface area contributed by atoms with Crippen molar-refractivity contribution in [2.75, 3.05) is 30.5 Å². The van der Waals surface area contributed by atoms with E-state index in [1.807, 2.05) is 24.3 Å². The van der Waals surface area contributed by atoms with Gasteiger partial charge in [0, 0.05) is 18.1 Å². The van der Waals surface area contributed by atoms with Gasteiger partial charge in [0.25, 0.3) is 10.0 Å². The number of anilines is 1. The van der Waals surface area contributed by atoms with Gasteiger partial charge in [0.1, 0.15) is 10.6 Å². The quantitative estimate of drug-likeness (QED) is 0.530. The lowest BCUT2D eigenvalue weighted by Gasteiger charge is -2.35. The van der Waals surface area contributed by atoms with Crippen LogP contribution in [-0.4, -0.2) is 44.6 Å². The van der Waals surface area contributed by atoms with Crippen LogP contribution in [0.1, 0.15) is 24.5 Å². The molecule has 5 rings (SSSR count). The molecule has 178 valence electrons. The number of fused-ring (bicyclic) bond motifs is 2. The Kier molecular flexibility index (Phi) is 6.53. The Bertz CT molecular complexity index is 1260. The number of likely N-dealkylation sites (tertiary alicyclic amines) is 1. The zero-order valence-corrected chi connectivity index (χ0v) is 20.3. The number of β-amino-alcohol motifs (C(OH)–C–C–N with tert-alkyl or cyclic N) is 1. The van der Waals surface area contributed by atoms with E-state index in [0.717, 1.165) is 31.5 Å². The molecule has 6 nitrogen and oxygen atoms in total. The molecule has 0 radical (unpaired) electrons. The molecule has 2 aliphatic heterocycles. The fourth-order valence-electron chi connectivity index (χ4n) is 4.68. The second-order valence-electron chi connectivity index (χ2n) is 8.86. The normalized spacial score (nSPS) is 18.9. The molecule has 34 heavy (non-hydrogen) atoms. The Hall–Kier alpha value is -2.58. The van der Waals surface area contributed by atoms with Crippen LogP contribution < -0.4 is 9.04 Å². The summed E-state index contributed by atoms with van der Waals surface area (Å²) in [7, 11) is -3.76. The highest BCUT2D eigenvalue weighted by Crippen LogP contribution is 2.43. The van der Waals surface area contributed by atoms with Crippen molar-refractivity contribution < 1.29 is 18.3 Å². The van der Waals surface area contributed by atoms with Crippen LogP contribution in [0.5, 0.6) is 11.5 Å². The summed E-state index contributed by atoms with van der Waals surface area (Å²) in [5.74, 6) is 1.10. The van der Waals surface area contributed by atoms with Gasteiger partial charge in [-0.1, -0.05) is 48.0 Å². The van der Waals surface area contributed by atoms with Gasteiger partial charge in [0.2, 0.25) is 0 Å². The lowest BCUT2D eigenvalue weighted by molar-refractivity contribution is 0.0905. The summed E-state index contributed by atoms with van der Waals surface area (Å²) < 4.78 is 34.8. The van der Waals surface area contributed by atoms with Gasteiger partial charge in [-0.05, 0) is 73.8 Å². The summed E-state index contributed by atoms with van der Waals surface area (Å²) in [5, 5.41) is 11.3. The average molecular weight is 499 g/mol. The minimum Gasteiger partial charge on any atom is -0.454 e. The number of hydrogen-bond acceptors (Lipinski definition) is 5. The molecule has 1 N–H and O–H groups in total. The average Bonchev–Trinajstić information content (AvgIpc) is 2.93. The number of aliphatic hydroxyl groups excluding tert-OH is 1. The van der Waals surface area contributed by atoms with Gasteiger partial charge < -0.3 is 14.7 Å². The van der Waals surface area contributed by atoms with E-state index in [1.165, 1.54) is 4.31 Å². The van der Waals surface area contributed by atoms with Crippen LogP contribution in [0.2, 0.25) is 5.02 Å². The second-order valence-corrected chi connectivity index (χ2v) is 11.1. The van der Waals surface area contributed by atoms with Gasteiger partial charge in [-0.3, -0.25) is 4.31 Å². The third-order valence-corrected chi connectivity index (χ3v) is 8.66. The molecule has 1 atom stereocenters. The van der Waals surface area contributed by atoms with E-state index >= 15 is 0 Å². The topological polar surface area (TPSA) is 70.1 Å². The molecule has 0 bridgehead atoms. The number of ether oxygens (including phenoxy) is 1. The van der Waals surface area contributed by atoms with Crippen molar-refractivity contribution in [2.45, 2.75) is 23.8 Å². The first-order chi connectivity index (χ1) is 16.4. The van der Waals surface area contributed by atoms with Crippen LogP contribution >= 0.6 is 11.6 Å². The Morgan fingerprint density at radius 2 is 1.59 bits per heavy atom. The first-order valence-electron chi connectivity index (χ1n) is 11.5. The highest BCUT2D eigenvalue weighted by atomic mass is 35.5. The van der Waals surface area contributed by atoms with E-state index in [2.05, 4.69) is 4.90 Å². The van der Waals surface area contributed by atoms with Crippen LogP contribution in [-0.2, 0) is 10.0 Å². The molecule has 1 saturated heterocycles. The van der Waals surface area contributed by atoms with E-state index in [9.17, 15) is 13.5 Å². The number of sulfonamides is 1. The Morgan fingerprint density at radius 1 is 0.941 bits per heavy atom. The number of aliphatic hydroxyl groups is 1. The van der Waals surface area contributed by atoms with E-state index in [0.29, 0.717) is 35.3 Å². The summed E-state index contributed by atoms with van der Waals surface area (Å²) in [6.45, 7) is 2.54. The molecule has 0 aliphatic carbocycles. The lowest BCUT2D eigenvalue weighted by atomic mass is 9.96. The summed E-state index contributed by atoms with van der Waals surface area (Å²) in [6.07, 6.45) is 1.12. The molecular formula is C26H27ClN2O4S. The number of halogens is 1. The fraction of sp³-hybridized carbons (Fsp3) is 0.308. The van der Waals surface area contributed by atoms with E-state index < -0.39 is 16.1 Å². The minimum absolute atomic E-state index is 0.190. The van der Waals surface area contributed by atoms with Gasteiger partial charge in [-0.15, -0.1) is 0 Å². The highest BCUT2D eigenvalue weighted by Gasteiger charge is 2.35. The zero-order valence-electron chi connectivity index (χ0n) is 18.7. The summed E-state index contributed by atoms with van der Waals surface area (Å²) in [5.41, 5.74) is 1.41. The molecule has 1 fully saturated rings. The molecule has 0 spiro atoms. The molecule has 3 aromatic rings. The van der Waals surface area contributed by atoms with E-state index in [-0.39, 0.29) is 10.8 Å². The van der Waals surface area contributed by atoms with Crippen LogP contribution in [0.15, 0.2) is 77.7 Å². The zero-order chi connectivity index (χ0) is 23.7. The Balaban J connectivity index is 1.29. The number of para-hydroxylation sites is 3. The summed E-state index contributed by atoms with van der Waals surface area (Å²) >= 11 is 5.95. The van der Waals surface area contributed by atoms with Gasteiger partial charge in [0.15, 0.2) is 5.75 Å². The van der Waals surface area contributed by atoms with Gasteiger partial charge >= 0.3 is 0 Å². The summed E-state index contributed by atoms with van der Waals surface area (Å²) in [4.78, 5) is 2.42.